The molecule has 0 aromatic heterocycles. The number of rotatable bonds is 7. The second-order valence-corrected chi connectivity index (χ2v) is 6.73. The molecule has 0 aromatic carbocycles. The van der Waals surface area contributed by atoms with Gasteiger partial charge in [-0.05, 0) is 38.3 Å². The van der Waals surface area contributed by atoms with E-state index < -0.39 is 0 Å². The van der Waals surface area contributed by atoms with Crippen LogP contribution in [0.2, 0.25) is 0 Å². The Morgan fingerprint density at radius 1 is 1.00 bits per heavy atom. The van der Waals surface area contributed by atoms with Crippen LogP contribution in [0.15, 0.2) is 0 Å². The van der Waals surface area contributed by atoms with Crippen LogP contribution in [0.3, 0.4) is 0 Å². The van der Waals surface area contributed by atoms with Crippen molar-refractivity contribution in [1.29, 1.82) is 0 Å². The summed E-state index contributed by atoms with van der Waals surface area (Å²) in [4.78, 5) is 5.42. The number of fused-ring (bicyclic) bond motifs is 1. The van der Waals surface area contributed by atoms with Gasteiger partial charge in [-0.3, -0.25) is 4.90 Å². The minimum atomic E-state index is 0.889. The van der Waals surface area contributed by atoms with Crippen LogP contribution in [0.5, 0.6) is 0 Å². The van der Waals surface area contributed by atoms with Crippen LogP contribution in [0, 0.1) is 5.92 Å². The Morgan fingerprint density at radius 3 is 2.67 bits per heavy atom. The van der Waals surface area contributed by atoms with Gasteiger partial charge < -0.3 is 4.90 Å². The van der Waals surface area contributed by atoms with E-state index in [-0.39, 0.29) is 0 Å². The molecular weight excluding hydrogens is 220 g/mol. The van der Waals surface area contributed by atoms with Crippen molar-refractivity contribution in [3.05, 3.63) is 0 Å². The Hall–Kier alpha value is -0.0800. The van der Waals surface area contributed by atoms with E-state index in [4.69, 9.17) is 0 Å². The van der Waals surface area contributed by atoms with Gasteiger partial charge in [0.25, 0.3) is 0 Å². The first-order valence-electron chi connectivity index (χ1n) is 8.22. The summed E-state index contributed by atoms with van der Waals surface area (Å²) in [7, 11) is 0. The third-order valence-corrected chi connectivity index (χ3v) is 4.68. The summed E-state index contributed by atoms with van der Waals surface area (Å²) in [5, 5.41) is 0. The molecule has 0 aromatic rings. The van der Waals surface area contributed by atoms with Crippen LogP contribution in [0.1, 0.15) is 58.8 Å². The molecule has 2 saturated heterocycles. The Bertz CT molecular complexity index is 227. The summed E-state index contributed by atoms with van der Waals surface area (Å²) in [6, 6.07) is 0.902. The maximum absolute atomic E-state index is 2.72. The normalized spacial score (nSPS) is 25.8. The third kappa shape index (κ3) is 4.55. The minimum Gasteiger partial charge on any atom is -0.301 e. The van der Waals surface area contributed by atoms with E-state index in [0.717, 1.165) is 12.0 Å². The molecule has 18 heavy (non-hydrogen) atoms. The molecular formula is C16H32N2. The van der Waals surface area contributed by atoms with Crippen molar-refractivity contribution in [1.82, 2.24) is 9.80 Å². The molecule has 0 amide bonds. The Kier molecular flexibility index (Phi) is 5.97. The monoisotopic (exact) mass is 252 g/mol. The molecule has 106 valence electrons. The molecule has 0 saturated carbocycles. The SMILES string of the molecule is CC(C)CCCCCCN1CCN2CCCC2C1. The highest BCUT2D eigenvalue weighted by molar-refractivity contribution is 4.86. The molecule has 0 N–H and O–H groups in total. The molecule has 0 radical (unpaired) electrons. The summed E-state index contributed by atoms with van der Waals surface area (Å²) in [5.41, 5.74) is 0. The molecule has 2 rings (SSSR count). The molecule has 0 spiro atoms. The Labute approximate surface area is 114 Å². The van der Waals surface area contributed by atoms with Crippen LogP contribution in [0.4, 0.5) is 0 Å². The van der Waals surface area contributed by atoms with Crippen LogP contribution in [0.25, 0.3) is 0 Å². The lowest BCUT2D eigenvalue weighted by Gasteiger charge is -2.37. The second kappa shape index (κ2) is 7.49. The quantitative estimate of drug-likeness (QED) is 0.641. The Balaban J connectivity index is 1.49. The summed E-state index contributed by atoms with van der Waals surface area (Å²) in [6.45, 7) is 11.4. The summed E-state index contributed by atoms with van der Waals surface area (Å²) in [6.07, 6.45) is 10.1. The van der Waals surface area contributed by atoms with E-state index in [0.29, 0.717) is 0 Å². The van der Waals surface area contributed by atoms with Gasteiger partial charge in [0.1, 0.15) is 0 Å². The first-order chi connectivity index (χ1) is 8.75. The molecule has 2 aliphatic rings. The first-order valence-corrected chi connectivity index (χ1v) is 8.22. The number of nitrogens with zero attached hydrogens (tertiary/aromatic N) is 2. The molecule has 2 heterocycles. The predicted octanol–water partition coefficient (Wildman–Crippen LogP) is 3.37. The van der Waals surface area contributed by atoms with E-state index >= 15 is 0 Å². The van der Waals surface area contributed by atoms with Gasteiger partial charge >= 0.3 is 0 Å². The molecule has 1 atom stereocenters. The molecule has 2 fully saturated rings. The average molecular weight is 252 g/mol. The van der Waals surface area contributed by atoms with Gasteiger partial charge in [0.15, 0.2) is 0 Å². The number of hydrogen-bond donors (Lipinski definition) is 0. The van der Waals surface area contributed by atoms with E-state index in [9.17, 15) is 0 Å². The lowest BCUT2D eigenvalue weighted by atomic mass is 10.0. The third-order valence-electron chi connectivity index (χ3n) is 4.68. The van der Waals surface area contributed by atoms with Crippen molar-refractivity contribution in [2.24, 2.45) is 5.92 Å². The highest BCUT2D eigenvalue weighted by Gasteiger charge is 2.29. The maximum Gasteiger partial charge on any atom is 0.0224 e. The predicted molar refractivity (Wildman–Crippen MR) is 79.0 cm³/mol. The zero-order chi connectivity index (χ0) is 12.8. The molecule has 0 bridgehead atoms. The fraction of sp³-hybridized carbons (Fsp3) is 1.00. The standard InChI is InChI=1S/C16H32N2/c1-15(2)8-5-3-4-6-10-17-12-13-18-11-7-9-16(18)14-17/h15-16H,3-14H2,1-2H3. The number of piperazine rings is 1. The highest BCUT2D eigenvalue weighted by atomic mass is 15.3. The van der Waals surface area contributed by atoms with Gasteiger partial charge in [-0.1, -0.05) is 39.5 Å². The smallest absolute Gasteiger partial charge is 0.0224 e. The van der Waals surface area contributed by atoms with Gasteiger partial charge in [-0.25, -0.2) is 0 Å². The van der Waals surface area contributed by atoms with Gasteiger partial charge in [0, 0.05) is 25.7 Å². The van der Waals surface area contributed by atoms with E-state index in [1.54, 1.807) is 0 Å². The van der Waals surface area contributed by atoms with Gasteiger partial charge in [-0.2, -0.15) is 0 Å². The van der Waals surface area contributed by atoms with E-state index in [1.807, 2.05) is 0 Å². The lowest BCUT2D eigenvalue weighted by Crippen LogP contribution is -2.50. The largest absolute Gasteiger partial charge is 0.301 e. The zero-order valence-electron chi connectivity index (χ0n) is 12.5. The van der Waals surface area contributed by atoms with Crippen molar-refractivity contribution in [3.8, 4) is 0 Å². The van der Waals surface area contributed by atoms with Gasteiger partial charge in [-0.15, -0.1) is 0 Å². The van der Waals surface area contributed by atoms with Crippen molar-refractivity contribution in [2.45, 2.75) is 64.8 Å². The van der Waals surface area contributed by atoms with Crippen LogP contribution in [-0.2, 0) is 0 Å². The summed E-state index contributed by atoms with van der Waals surface area (Å²) < 4.78 is 0. The summed E-state index contributed by atoms with van der Waals surface area (Å²) >= 11 is 0. The van der Waals surface area contributed by atoms with Gasteiger partial charge in [0.05, 0.1) is 0 Å². The second-order valence-electron chi connectivity index (χ2n) is 6.73. The van der Waals surface area contributed by atoms with Crippen LogP contribution in [-0.4, -0.2) is 48.6 Å². The fourth-order valence-corrected chi connectivity index (χ4v) is 3.50. The number of unbranched alkanes of at least 4 members (excludes halogenated alkanes) is 3. The number of hydrogen-bond acceptors (Lipinski definition) is 2. The van der Waals surface area contributed by atoms with Gasteiger partial charge in [0.2, 0.25) is 0 Å². The van der Waals surface area contributed by atoms with Crippen molar-refractivity contribution < 1.29 is 0 Å². The zero-order valence-corrected chi connectivity index (χ0v) is 12.5. The maximum atomic E-state index is 2.72. The molecule has 1 unspecified atom stereocenters. The molecule has 2 heteroatoms. The van der Waals surface area contributed by atoms with Crippen LogP contribution < -0.4 is 0 Å². The van der Waals surface area contributed by atoms with Crippen molar-refractivity contribution in [3.63, 3.8) is 0 Å². The van der Waals surface area contributed by atoms with E-state index in [2.05, 4.69) is 23.6 Å². The lowest BCUT2D eigenvalue weighted by molar-refractivity contribution is 0.103. The van der Waals surface area contributed by atoms with Crippen molar-refractivity contribution in [2.75, 3.05) is 32.7 Å². The van der Waals surface area contributed by atoms with Crippen LogP contribution >= 0.6 is 0 Å². The average Bonchev–Trinajstić information content (AvgIpc) is 2.80. The molecule has 2 nitrogen and oxygen atoms in total. The highest BCUT2D eigenvalue weighted by Crippen LogP contribution is 2.21. The summed E-state index contributed by atoms with van der Waals surface area (Å²) in [5.74, 6) is 0.889. The van der Waals surface area contributed by atoms with Crippen molar-refractivity contribution >= 4 is 0 Å². The Morgan fingerprint density at radius 2 is 1.83 bits per heavy atom. The molecule has 0 aliphatic carbocycles. The molecule has 2 aliphatic heterocycles. The first kappa shape index (κ1) is 14.3. The minimum absolute atomic E-state index is 0.889. The topological polar surface area (TPSA) is 6.48 Å². The van der Waals surface area contributed by atoms with E-state index in [1.165, 1.54) is 77.7 Å². The fourth-order valence-electron chi connectivity index (χ4n) is 3.50.